The number of allylic oxidation sites excluding steroid dienone is 1. The summed E-state index contributed by atoms with van der Waals surface area (Å²) in [5.74, 6) is 0. The van der Waals surface area contributed by atoms with E-state index in [4.69, 9.17) is 0 Å². The van der Waals surface area contributed by atoms with Gasteiger partial charge in [-0.25, -0.2) is 0 Å². The third kappa shape index (κ3) is 8.09. The van der Waals surface area contributed by atoms with Crippen molar-refractivity contribution in [2.75, 3.05) is 6.54 Å². The Morgan fingerprint density at radius 1 is 1.03 bits per heavy atom. The minimum Gasteiger partial charge on any atom is -0.387 e. The second kappa shape index (κ2) is 10.7. The number of nitrogens with one attached hydrogen (secondary N) is 1. The van der Waals surface area contributed by atoms with E-state index in [-0.39, 0.29) is 11.5 Å². The molecule has 2 N–H and O–H groups in total. The monoisotopic (exact) mass is 517 g/mol. The number of hydrogen-bond donors (Lipinski definition) is 2. The molecule has 2 unspecified atom stereocenters. The molecule has 1 aromatic rings. The van der Waals surface area contributed by atoms with Crippen LogP contribution in [0.5, 0.6) is 0 Å². The molecule has 0 saturated heterocycles. The maximum atomic E-state index is 13.0. The summed E-state index contributed by atoms with van der Waals surface area (Å²) in [6.07, 6.45) is -8.74. The van der Waals surface area contributed by atoms with E-state index >= 15 is 0 Å². The topological polar surface area (TPSA) is 32.3 Å². The maximum Gasteiger partial charge on any atom is 0.416 e. The molecule has 0 radical (unpaired) electrons. The van der Waals surface area contributed by atoms with E-state index in [2.05, 4.69) is 35.1 Å². The van der Waals surface area contributed by atoms with Crippen molar-refractivity contribution in [1.29, 1.82) is 0 Å². The minimum absolute atomic E-state index is 0.0559. The standard InChI is InChI=1S/C20H24BrF6NO.C2H6/c1-11(28-10-13-9-18(2,3)5-4-16(13)21)17(29)12-6-14(19(22,23)24)8-15(7-12)20(25,26)27;1-2/h6-8,11,17,28-29H,4-5,9-10H2,1-3H3;1-2H3. The van der Waals surface area contributed by atoms with E-state index in [1.807, 2.05) is 13.8 Å². The molecule has 0 aromatic heterocycles. The van der Waals surface area contributed by atoms with Crippen LogP contribution in [-0.4, -0.2) is 17.7 Å². The molecule has 0 saturated carbocycles. The van der Waals surface area contributed by atoms with Gasteiger partial charge in [0.25, 0.3) is 0 Å². The van der Waals surface area contributed by atoms with E-state index in [0.717, 1.165) is 29.3 Å². The van der Waals surface area contributed by atoms with Gasteiger partial charge in [0.05, 0.1) is 17.2 Å². The van der Waals surface area contributed by atoms with Gasteiger partial charge in [-0.15, -0.1) is 0 Å². The Labute approximate surface area is 188 Å². The van der Waals surface area contributed by atoms with E-state index < -0.39 is 41.2 Å². The van der Waals surface area contributed by atoms with Crippen molar-refractivity contribution in [1.82, 2.24) is 5.32 Å². The van der Waals surface area contributed by atoms with Gasteiger partial charge in [0.15, 0.2) is 0 Å². The molecule has 1 aliphatic rings. The molecule has 1 aliphatic carbocycles. The summed E-state index contributed by atoms with van der Waals surface area (Å²) in [5, 5.41) is 13.5. The third-order valence-corrected chi connectivity index (χ3v) is 6.12. The lowest BCUT2D eigenvalue weighted by atomic mass is 9.77. The molecular formula is C22H30BrF6NO. The minimum atomic E-state index is -4.95. The quantitative estimate of drug-likeness (QED) is 0.393. The average molecular weight is 518 g/mol. The van der Waals surface area contributed by atoms with E-state index in [0.29, 0.717) is 18.7 Å². The molecule has 2 atom stereocenters. The van der Waals surface area contributed by atoms with Gasteiger partial charge in [0, 0.05) is 12.6 Å². The summed E-state index contributed by atoms with van der Waals surface area (Å²) in [5.41, 5.74) is -2.11. The Morgan fingerprint density at radius 3 is 1.97 bits per heavy atom. The van der Waals surface area contributed by atoms with Crippen LogP contribution >= 0.6 is 15.9 Å². The zero-order valence-electron chi connectivity index (χ0n) is 18.3. The molecule has 0 fully saturated rings. The van der Waals surface area contributed by atoms with Crippen LogP contribution in [0.25, 0.3) is 0 Å². The van der Waals surface area contributed by atoms with Crippen LogP contribution in [0.2, 0.25) is 0 Å². The normalized spacial score (nSPS) is 18.9. The number of hydrogen-bond acceptors (Lipinski definition) is 2. The van der Waals surface area contributed by atoms with Crippen molar-refractivity contribution in [3.8, 4) is 0 Å². The highest BCUT2D eigenvalue weighted by molar-refractivity contribution is 9.11. The zero-order valence-corrected chi connectivity index (χ0v) is 19.9. The highest BCUT2D eigenvalue weighted by Gasteiger charge is 2.38. The van der Waals surface area contributed by atoms with Crippen LogP contribution in [0.3, 0.4) is 0 Å². The molecule has 178 valence electrons. The van der Waals surface area contributed by atoms with E-state index in [1.54, 1.807) is 0 Å². The van der Waals surface area contributed by atoms with E-state index in [1.165, 1.54) is 6.92 Å². The maximum absolute atomic E-state index is 13.0. The fraction of sp³-hybridized carbons (Fsp3) is 0.636. The van der Waals surface area contributed by atoms with Crippen molar-refractivity contribution < 1.29 is 31.4 Å². The van der Waals surface area contributed by atoms with Gasteiger partial charge < -0.3 is 10.4 Å². The molecular weight excluding hydrogens is 488 g/mol. The summed E-state index contributed by atoms with van der Waals surface area (Å²) in [6.45, 7) is 10.2. The van der Waals surface area contributed by atoms with Gasteiger partial charge in [0.2, 0.25) is 0 Å². The Balaban J connectivity index is 0.00000233. The number of rotatable bonds is 5. The SMILES string of the molecule is CC.CC(NCC1=C(Br)CCC(C)(C)C1)C(O)c1cc(C(F)(F)F)cc(C(F)(F)F)c1. The summed E-state index contributed by atoms with van der Waals surface area (Å²) in [6, 6.07) is 0.436. The van der Waals surface area contributed by atoms with Gasteiger partial charge in [-0.1, -0.05) is 43.6 Å². The second-order valence-corrected chi connectivity index (χ2v) is 9.26. The first kappa shape index (κ1) is 28.0. The van der Waals surface area contributed by atoms with Crippen LogP contribution in [0, 0.1) is 5.41 Å². The van der Waals surface area contributed by atoms with Gasteiger partial charge >= 0.3 is 12.4 Å². The smallest absolute Gasteiger partial charge is 0.387 e. The van der Waals surface area contributed by atoms with Crippen molar-refractivity contribution in [2.24, 2.45) is 5.41 Å². The second-order valence-electron chi connectivity index (χ2n) is 8.30. The highest BCUT2D eigenvalue weighted by Crippen LogP contribution is 2.41. The Kier molecular flexibility index (Phi) is 9.66. The summed E-state index contributed by atoms with van der Waals surface area (Å²) in [4.78, 5) is 0. The van der Waals surface area contributed by atoms with Gasteiger partial charge in [-0.3, -0.25) is 0 Å². The summed E-state index contributed by atoms with van der Waals surface area (Å²) >= 11 is 3.53. The molecule has 0 bridgehead atoms. The summed E-state index contributed by atoms with van der Waals surface area (Å²) in [7, 11) is 0. The zero-order chi connectivity index (χ0) is 24.2. The lowest BCUT2D eigenvalue weighted by Gasteiger charge is -2.32. The van der Waals surface area contributed by atoms with Crippen LogP contribution in [0.15, 0.2) is 28.3 Å². The Bertz CT molecular complexity index is 738. The van der Waals surface area contributed by atoms with Gasteiger partial charge in [-0.2, -0.15) is 26.3 Å². The van der Waals surface area contributed by atoms with Crippen molar-refractivity contribution >= 4 is 15.9 Å². The molecule has 0 amide bonds. The molecule has 0 aliphatic heterocycles. The molecule has 2 nitrogen and oxygen atoms in total. The highest BCUT2D eigenvalue weighted by atomic mass is 79.9. The fourth-order valence-corrected chi connectivity index (χ4v) is 3.86. The number of aliphatic hydroxyl groups is 1. The number of aliphatic hydroxyl groups excluding tert-OH is 1. The molecule has 1 aromatic carbocycles. The predicted octanol–water partition coefficient (Wildman–Crippen LogP) is 7.62. The Hall–Kier alpha value is -1.06. The van der Waals surface area contributed by atoms with Crippen molar-refractivity contribution in [2.45, 2.75) is 78.4 Å². The van der Waals surface area contributed by atoms with Crippen LogP contribution < -0.4 is 5.32 Å². The lowest BCUT2D eigenvalue weighted by molar-refractivity contribution is -0.143. The lowest BCUT2D eigenvalue weighted by Crippen LogP contribution is -2.35. The first-order valence-corrected chi connectivity index (χ1v) is 11.0. The molecule has 31 heavy (non-hydrogen) atoms. The average Bonchev–Trinajstić information content (AvgIpc) is 2.67. The summed E-state index contributed by atoms with van der Waals surface area (Å²) < 4.78 is 79.2. The van der Waals surface area contributed by atoms with Crippen molar-refractivity contribution in [3.05, 3.63) is 44.9 Å². The van der Waals surface area contributed by atoms with Crippen molar-refractivity contribution in [3.63, 3.8) is 0 Å². The van der Waals surface area contributed by atoms with Crippen LogP contribution in [-0.2, 0) is 12.4 Å². The molecule has 2 rings (SSSR count). The largest absolute Gasteiger partial charge is 0.416 e. The molecule has 0 heterocycles. The third-order valence-electron chi connectivity index (χ3n) is 5.16. The van der Waals surface area contributed by atoms with Crippen LogP contribution in [0.4, 0.5) is 26.3 Å². The molecule has 0 spiro atoms. The first-order chi connectivity index (χ1) is 14.1. The molecule has 9 heteroatoms. The van der Waals surface area contributed by atoms with E-state index in [9.17, 15) is 31.4 Å². The predicted molar refractivity (Wildman–Crippen MR) is 114 cm³/mol. The number of alkyl halides is 6. The number of halogens is 7. The van der Waals surface area contributed by atoms with Gasteiger partial charge in [0.1, 0.15) is 0 Å². The first-order valence-electron chi connectivity index (χ1n) is 10.2. The Morgan fingerprint density at radius 2 is 1.52 bits per heavy atom. The fourth-order valence-electron chi connectivity index (χ4n) is 3.38. The number of benzene rings is 1. The van der Waals surface area contributed by atoms with Gasteiger partial charge in [-0.05, 0) is 65.4 Å². The van der Waals surface area contributed by atoms with Crippen LogP contribution in [0.1, 0.15) is 76.7 Å².